The third-order valence-electron chi connectivity index (χ3n) is 3.31. The standard InChI is InChI=1S/C17H13Cl4NO4S/c1-8-2-4-12(27-8)11(23)3-5-14(25)26-7-13(24)22-17-15(20)9(18)6-10(19)16(17)21/h2,4,6H,3,5,7H2,1H3,(H,22,24). The first-order valence-corrected chi connectivity index (χ1v) is 9.90. The van der Waals surface area contributed by atoms with Crippen LogP contribution in [0.15, 0.2) is 18.2 Å². The first-order chi connectivity index (χ1) is 12.7. The van der Waals surface area contributed by atoms with Gasteiger partial charge in [-0.1, -0.05) is 46.4 Å². The van der Waals surface area contributed by atoms with Gasteiger partial charge in [-0.2, -0.15) is 0 Å². The first-order valence-electron chi connectivity index (χ1n) is 7.57. The maximum absolute atomic E-state index is 11.9. The first kappa shape index (κ1) is 22.0. The lowest BCUT2D eigenvalue weighted by molar-refractivity contribution is -0.147. The van der Waals surface area contributed by atoms with Crippen LogP contribution >= 0.6 is 57.7 Å². The quantitative estimate of drug-likeness (QED) is 0.316. The zero-order valence-corrected chi connectivity index (χ0v) is 17.7. The van der Waals surface area contributed by atoms with Crippen molar-refractivity contribution in [1.29, 1.82) is 0 Å². The Hall–Kier alpha value is -1.31. The highest BCUT2D eigenvalue weighted by atomic mass is 35.5. The molecule has 1 aromatic carbocycles. The number of rotatable bonds is 7. The van der Waals surface area contributed by atoms with Crippen LogP contribution in [-0.4, -0.2) is 24.3 Å². The summed E-state index contributed by atoms with van der Waals surface area (Å²) in [4.78, 5) is 37.2. The molecule has 0 aliphatic rings. The highest BCUT2D eigenvalue weighted by molar-refractivity contribution is 7.14. The topological polar surface area (TPSA) is 72.5 Å². The van der Waals surface area contributed by atoms with Gasteiger partial charge in [0.25, 0.3) is 5.91 Å². The van der Waals surface area contributed by atoms with Gasteiger partial charge >= 0.3 is 5.97 Å². The lowest BCUT2D eigenvalue weighted by atomic mass is 10.2. The third-order valence-corrected chi connectivity index (χ3v) is 5.93. The number of hydrogen-bond donors (Lipinski definition) is 1. The molecule has 1 N–H and O–H groups in total. The zero-order valence-electron chi connectivity index (χ0n) is 13.9. The number of halogens is 4. The smallest absolute Gasteiger partial charge is 0.306 e. The van der Waals surface area contributed by atoms with E-state index in [0.29, 0.717) is 4.88 Å². The summed E-state index contributed by atoms with van der Waals surface area (Å²) in [7, 11) is 0. The van der Waals surface area contributed by atoms with Crippen LogP contribution < -0.4 is 5.32 Å². The molecule has 144 valence electrons. The minimum Gasteiger partial charge on any atom is -0.456 e. The number of hydrogen-bond acceptors (Lipinski definition) is 5. The Kier molecular flexibility index (Phi) is 7.94. The van der Waals surface area contributed by atoms with E-state index in [4.69, 9.17) is 51.1 Å². The molecule has 5 nitrogen and oxygen atoms in total. The van der Waals surface area contributed by atoms with Crippen molar-refractivity contribution in [2.75, 3.05) is 11.9 Å². The normalized spacial score (nSPS) is 10.6. The number of thiophene rings is 1. The van der Waals surface area contributed by atoms with Gasteiger partial charge in [-0.3, -0.25) is 14.4 Å². The number of ketones is 1. The van der Waals surface area contributed by atoms with Gasteiger partial charge in [-0.05, 0) is 25.1 Å². The lowest BCUT2D eigenvalue weighted by Gasteiger charge is -2.12. The molecule has 1 heterocycles. The van der Waals surface area contributed by atoms with Crippen molar-refractivity contribution in [3.05, 3.63) is 48.0 Å². The summed E-state index contributed by atoms with van der Waals surface area (Å²) in [5.74, 6) is -1.50. The summed E-state index contributed by atoms with van der Waals surface area (Å²) in [6.45, 7) is 1.32. The van der Waals surface area contributed by atoms with E-state index < -0.39 is 18.5 Å². The van der Waals surface area contributed by atoms with Gasteiger partial charge < -0.3 is 10.1 Å². The number of carbonyl (C=O) groups excluding carboxylic acids is 3. The zero-order chi connectivity index (χ0) is 20.1. The molecule has 0 atom stereocenters. The molecule has 0 aliphatic heterocycles. The molecule has 0 spiro atoms. The summed E-state index contributed by atoms with van der Waals surface area (Å²) in [5, 5.41) is 2.65. The summed E-state index contributed by atoms with van der Waals surface area (Å²) in [6.07, 6.45) is -0.129. The number of ether oxygens (including phenoxy) is 1. The second-order valence-electron chi connectivity index (χ2n) is 5.39. The molecule has 2 aromatic rings. The molecule has 0 saturated heterocycles. The molecule has 27 heavy (non-hydrogen) atoms. The average molecular weight is 469 g/mol. The third kappa shape index (κ3) is 6.09. The summed E-state index contributed by atoms with van der Waals surface area (Å²) in [5.41, 5.74) is 0.0279. The maximum Gasteiger partial charge on any atom is 0.306 e. The summed E-state index contributed by atoms with van der Waals surface area (Å²) in [6, 6.07) is 4.89. The van der Waals surface area contributed by atoms with E-state index in [1.807, 2.05) is 13.0 Å². The molecule has 0 aliphatic carbocycles. The average Bonchev–Trinajstić information content (AvgIpc) is 3.06. The fraction of sp³-hybridized carbons (Fsp3) is 0.235. The van der Waals surface area contributed by atoms with Crippen molar-refractivity contribution in [2.24, 2.45) is 0 Å². The number of carbonyl (C=O) groups is 3. The second-order valence-corrected chi connectivity index (χ2v) is 8.24. The molecular weight excluding hydrogens is 456 g/mol. The van der Waals surface area contributed by atoms with Crippen molar-refractivity contribution in [1.82, 2.24) is 0 Å². The van der Waals surface area contributed by atoms with Gasteiger partial charge in [0.05, 0.1) is 37.1 Å². The Labute approximate surface area is 179 Å². The largest absolute Gasteiger partial charge is 0.456 e. The van der Waals surface area contributed by atoms with E-state index in [9.17, 15) is 14.4 Å². The highest BCUT2D eigenvalue weighted by Gasteiger charge is 2.18. The SMILES string of the molecule is Cc1ccc(C(=O)CCC(=O)OCC(=O)Nc2c(Cl)c(Cl)cc(Cl)c2Cl)s1. The minimum absolute atomic E-state index is 0.00195. The van der Waals surface area contributed by atoms with Gasteiger partial charge in [0.1, 0.15) is 0 Å². The van der Waals surface area contributed by atoms with E-state index >= 15 is 0 Å². The van der Waals surface area contributed by atoms with Crippen LogP contribution in [0.3, 0.4) is 0 Å². The molecule has 0 unspecified atom stereocenters. The van der Waals surface area contributed by atoms with E-state index in [1.54, 1.807) is 6.07 Å². The van der Waals surface area contributed by atoms with Crippen LogP contribution in [0.1, 0.15) is 27.4 Å². The Morgan fingerprint density at radius 1 is 1.04 bits per heavy atom. The fourth-order valence-corrected chi connectivity index (χ4v) is 3.74. The van der Waals surface area contributed by atoms with Gasteiger partial charge in [-0.25, -0.2) is 0 Å². The Morgan fingerprint density at radius 2 is 1.67 bits per heavy atom. The van der Waals surface area contributed by atoms with Crippen LogP contribution in [0.2, 0.25) is 20.1 Å². The number of amides is 1. The van der Waals surface area contributed by atoms with E-state index in [-0.39, 0.29) is 44.4 Å². The number of aryl methyl sites for hydroxylation is 1. The number of Topliss-reactive ketones (excluding diaryl/α,β-unsaturated/α-hetero) is 1. The van der Waals surface area contributed by atoms with Gasteiger partial charge in [0.15, 0.2) is 12.4 Å². The Morgan fingerprint density at radius 3 is 2.22 bits per heavy atom. The maximum atomic E-state index is 11.9. The van der Waals surface area contributed by atoms with Crippen molar-refractivity contribution >= 4 is 81.1 Å². The Bertz CT molecular complexity index is 871. The van der Waals surface area contributed by atoms with Crippen molar-refractivity contribution in [2.45, 2.75) is 19.8 Å². The number of esters is 1. The lowest BCUT2D eigenvalue weighted by Crippen LogP contribution is -2.21. The van der Waals surface area contributed by atoms with Crippen LogP contribution in [0.25, 0.3) is 0 Å². The number of anilines is 1. The summed E-state index contributed by atoms with van der Waals surface area (Å²) < 4.78 is 4.86. The van der Waals surface area contributed by atoms with E-state index in [0.717, 1.165) is 4.88 Å². The predicted octanol–water partition coefficient (Wildman–Crippen LogP) is 5.81. The van der Waals surface area contributed by atoms with Crippen LogP contribution in [-0.2, 0) is 14.3 Å². The van der Waals surface area contributed by atoms with Gasteiger partial charge in [0.2, 0.25) is 0 Å². The molecule has 10 heteroatoms. The van der Waals surface area contributed by atoms with E-state index in [1.165, 1.54) is 17.4 Å². The molecule has 0 bridgehead atoms. The van der Waals surface area contributed by atoms with Crippen molar-refractivity contribution in [3.63, 3.8) is 0 Å². The molecule has 2 rings (SSSR count). The van der Waals surface area contributed by atoms with Gasteiger partial charge in [0, 0.05) is 11.3 Å². The molecular formula is C17H13Cl4NO4S. The highest BCUT2D eigenvalue weighted by Crippen LogP contribution is 2.40. The Balaban J connectivity index is 1.83. The van der Waals surface area contributed by atoms with E-state index in [2.05, 4.69) is 5.32 Å². The monoisotopic (exact) mass is 467 g/mol. The number of benzene rings is 1. The van der Waals surface area contributed by atoms with Crippen molar-refractivity contribution in [3.8, 4) is 0 Å². The van der Waals surface area contributed by atoms with Crippen LogP contribution in [0, 0.1) is 6.92 Å². The fourth-order valence-electron chi connectivity index (χ4n) is 2.00. The van der Waals surface area contributed by atoms with Crippen molar-refractivity contribution < 1.29 is 19.1 Å². The van der Waals surface area contributed by atoms with Crippen LogP contribution in [0.4, 0.5) is 5.69 Å². The minimum atomic E-state index is -0.675. The van der Waals surface area contributed by atoms with Gasteiger partial charge in [-0.15, -0.1) is 11.3 Å². The number of nitrogens with one attached hydrogen (secondary N) is 1. The molecule has 0 saturated carbocycles. The summed E-state index contributed by atoms with van der Waals surface area (Å²) >= 11 is 25.1. The predicted molar refractivity (Wildman–Crippen MR) is 109 cm³/mol. The molecule has 0 fully saturated rings. The molecule has 1 aromatic heterocycles. The van der Waals surface area contributed by atoms with Crippen LogP contribution in [0.5, 0.6) is 0 Å². The molecule has 0 radical (unpaired) electrons. The second kappa shape index (κ2) is 9.75. The molecule has 1 amide bonds.